The van der Waals surface area contributed by atoms with E-state index < -0.39 is 23.2 Å². The van der Waals surface area contributed by atoms with Crippen LogP contribution in [0.3, 0.4) is 0 Å². The SMILES string of the molecule is CCCCCCCCCCCCCCCC(=O)N[C@@H](CS[C@H](CC)C(O)(O)O)C(=O)O. The number of carboxylic acids is 1. The van der Waals surface area contributed by atoms with E-state index >= 15 is 0 Å². The van der Waals surface area contributed by atoms with Crippen LogP contribution in [0.25, 0.3) is 0 Å². The standard InChI is InChI=1S/C23H45NO6S/c1-3-5-6-7-8-9-10-11-12-13-14-15-16-17-21(25)24-19(22(26)27)18-31-20(4-2)23(28,29)30/h19-20,28-30H,3-18H2,1-2H3,(H,24,25)(H,26,27)/t19-,20+/m0/s1. The second-order valence-electron chi connectivity index (χ2n) is 8.37. The van der Waals surface area contributed by atoms with Crippen molar-refractivity contribution in [3.05, 3.63) is 0 Å². The quantitative estimate of drug-likeness (QED) is 0.128. The maximum atomic E-state index is 12.0. The second-order valence-corrected chi connectivity index (χ2v) is 9.60. The van der Waals surface area contributed by atoms with Gasteiger partial charge in [-0.3, -0.25) is 4.79 Å². The minimum absolute atomic E-state index is 0.0540. The smallest absolute Gasteiger partial charge is 0.327 e. The Balaban J connectivity index is 3.80. The zero-order valence-corrected chi connectivity index (χ0v) is 20.3. The Bertz CT molecular complexity index is 469. The summed E-state index contributed by atoms with van der Waals surface area (Å²) in [5.74, 6) is -4.42. The van der Waals surface area contributed by atoms with Crippen LogP contribution in [-0.4, -0.2) is 55.3 Å². The van der Waals surface area contributed by atoms with Gasteiger partial charge in [0.05, 0.1) is 5.25 Å². The molecule has 0 aromatic rings. The molecule has 0 bridgehead atoms. The van der Waals surface area contributed by atoms with Gasteiger partial charge in [0, 0.05) is 12.2 Å². The first-order chi connectivity index (χ1) is 14.7. The molecule has 184 valence electrons. The molecule has 0 aliphatic rings. The molecule has 0 rings (SSSR count). The molecular weight excluding hydrogens is 418 g/mol. The van der Waals surface area contributed by atoms with Crippen LogP contribution in [0.1, 0.15) is 110 Å². The van der Waals surface area contributed by atoms with E-state index in [0.29, 0.717) is 0 Å². The highest BCUT2D eigenvalue weighted by Gasteiger charge is 2.33. The minimum atomic E-state index is -2.87. The van der Waals surface area contributed by atoms with Crippen molar-refractivity contribution in [2.24, 2.45) is 0 Å². The van der Waals surface area contributed by atoms with Crippen LogP contribution in [-0.2, 0) is 9.59 Å². The van der Waals surface area contributed by atoms with Gasteiger partial charge in [-0.05, 0) is 12.8 Å². The number of hydrogen-bond donors (Lipinski definition) is 5. The van der Waals surface area contributed by atoms with Gasteiger partial charge in [0.15, 0.2) is 0 Å². The second kappa shape index (κ2) is 18.7. The van der Waals surface area contributed by atoms with Crippen molar-refractivity contribution in [3.8, 4) is 0 Å². The van der Waals surface area contributed by atoms with Gasteiger partial charge < -0.3 is 25.7 Å². The molecule has 0 aliphatic carbocycles. The lowest BCUT2D eigenvalue weighted by Gasteiger charge is -2.25. The van der Waals surface area contributed by atoms with Crippen LogP contribution in [0.15, 0.2) is 0 Å². The Morgan fingerprint density at radius 1 is 0.806 bits per heavy atom. The van der Waals surface area contributed by atoms with Crippen molar-refractivity contribution in [2.75, 3.05) is 5.75 Å². The molecular formula is C23H45NO6S. The number of carboxylic acid groups (broad SMARTS) is 1. The van der Waals surface area contributed by atoms with Crippen molar-refractivity contribution in [1.82, 2.24) is 5.32 Å². The summed E-state index contributed by atoms with van der Waals surface area (Å²) >= 11 is 0.909. The lowest BCUT2D eigenvalue weighted by atomic mass is 10.0. The summed E-state index contributed by atoms with van der Waals surface area (Å²) in [7, 11) is 0. The van der Waals surface area contributed by atoms with E-state index in [9.17, 15) is 30.0 Å². The van der Waals surface area contributed by atoms with Gasteiger partial charge in [-0.15, -0.1) is 11.8 Å². The molecule has 0 aromatic carbocycles. The van der Waals surface area contributed by atoms with Crippen LogP contribution in [0.2, 0.25) is 0 Å². The molecule has 31 heavy (non-hydrogen) atoms. The number of rotatable bonds is 21. The number of hydrogen-bond acceptors (Lipinski definition) is 6. The normalized spacial score (nSPS) is 13.7. The third-order valence-corrected chi connectivity index (χ3v) is 6.99. The van der Waals surface area contributed by atoms with Gasteiger partial charge in [-0.1, -0.05) is 90.9 Å². The summed E-state index contributed by atoms with van der Waals surface area (Å²) in [5, 5.41) is 38.6. The largest absolute Gasteiger partial charge is 0.480 e. The first-order valence-electron chi connectivity index (χ1n) is 12.0. The van der Waals surface area contributed by atoms with E-state index in [0.717, 1.165) is 31.0 Å². The van der Waals surface area contributed by atoms with Crippen molar-refractivity contribution >= 4 is 23.6 Å². The third-order valence-electron chi connectivity index (χ3n) is 5.41. The first kappa shape index (κ1) is 30.2. The lowest BCUT2D eigenvalue weighted by molar-refractivity contribution is -0.310. The van der Waals surface area contributed by atoms with Crippen LogP contribution in [0.5, 0.6) is 0 Å². The van der Waals surface area contributed by atoms with Crippen molar-refractivity contribution in [3.63, 3.8) is 0 Å². The Morgan fingerprint density at radius 3 is 1.65 bits per heavy atom. The average Bonchev–Trinajstić information content (AvgIpc) is 2.69. The molecule has 0 aliphatic heterocycles. The number of amides is 1. The van der Waals surface area contributed by atoms with Crippen LogP contribution in [0, 0.1) is 0 Å². The minimum Gasteiger partial charge on any atom is -0.480 e. The van der Waals surface area contributed by atoms with Crippen molar-refractivity contribution < 1.29 is 30.0 Å². The van der Waals surface area contributed by atoms with Gasteiger partial charge in [-0.2, -0.15) is 0 Å². The fourth-order valence-corrected chi connectivity index (χ4v) is 4.57. The van der Waals surface area contributed by atoms with Crippen LogP contribution < -0.4 is 5.32 Å². The van der Waals surface area contributed by atoms with E-state index in [-0.39, 0.29) is 24.5 Å². The summed E-state index contributed by atoms with van der Waals surface area (Å²) in [4.78, 5) is 23.4. The van der Waals surface area contributed by atoms with Crippen LogP contribution in [0.4, 0.5) is 0 Å². The highest BCUT2D eigenvalue weighted by atomic mass is 32.2. The number of aliphatic hydroxyl groups is 3. The average molecular weight is 464 g/mol. The third kappa shape index (κ3) is 17.4. The molecule has 7 nitrogen and oxygen atoms in total. The molecule has 5 N–H and O–H groups in total. The molecule has 0 heterocycles. The molecule has 0 saturated heterocycles. The first-order valence-corrected chi connectivity index (χ1v) is 13.1. The fourth-order valence-electron chi connectivity index (χ4n) is 3.46. The molecule has 0 spiro atoms. The van der Waals surface area contributed by atoms with E-state index in [1.54, 1.807) is 6.92 Å². The van der Waals surface area contributed by atoms with E-state index in [1.165, 1.54) is 64.2 Å². The van der Waals surface area contributed by atoms with E-state index in [4.69, 9.17) is 0 Å². The van der Waals surface area contributed by atoms with Gasteiger partial charge in [0.1, 0.15) is 6.04 Å². The topological polar surface area (TPSA) is 127 Å². The van der Waals surface area contributed by atoms with E-state index in [2.05, 4.69) is 12.2 Å². The number of unbranched alkanes of at least 4 members (excludes halogenated alkanes) is 12. The summed E-state index contributed by atoms with van der Waals surface area (Å²) in [6.07, 6.45) is 16.4. The van der Waals surface area contributed by atoms with Gasteiger partial charge in [0.25, 0.3) is 5.97 Å². The molecule has 0 fully saturated rings. The lowest BCUT2D eigenvalue weighted by Crippen LogP contribution is -2.45. The molecule has 8 heteroatoms. The Labute approximate surface area is 192 Å². The van der Waals surface area contributed by atoms with Crippen molar-refractivity contribution in [1.29, 1.82) is 0 Å². The molecule has 2 atom stereocenters. The van der Waals surface area contributed by atoms with Crippen molar-refractivity contribution in [2.45, 2.75) is 127 Å². The number of carbonyl (C=O) groups is 2. The summed E-state index contributed by atoms with van der Waals surface area (Å²) in [6, 6.07) is -1.13. The summed E-state index contributed by atoms with van der Waals surface area (Å²) in [6.45, 7) is 3.89. The van der Waals surface area contributed by atoms with E-state index in [1.807, 2.05) is 0 Å². The monoisotopic (exact) mass is 463 g/mol. The Kier molecular flexibility index (Phi) is 18.2. The van der Waals surface area contributed by atoms with Gasteiger partial charge >= 0.3 is 5.97 Å². The fraction of sp³-hybridized carbons (Fsp3) is 0.913. The number of carbonyl (C=O) groups excluding carboxylic acids is 1. The zero-order chi connectivity index (χ0) is 23.5. The Morgan fingerprint density at radius 2 is 1.26 bits per heavy atom. The predicted molar refractivity (Wildman–Crippen MR) is 126 cm³/mol. The Hall–Kier alpha value is -0.830. The number of nitrogens with one attached hydrogen (secondary N) is 1. The number of aliphatic carboxylic acids is 1. The predicted octanol–water partition coefficient (Wildman–Crippen LogP) is 4.18. The maximum absolute atomic E-state index is 12.0. The van der Waals surface area contributed by atoms with Gasteiger partial charge in [0.2, 0.25) is 5.91 Å². The summed E-state index contributed by atoms with van der Waals surface area (Å²) < 4.78 is 0. The van der Waals surface area contributed by atoms with Crippen LogP contribution >= 0.6 is 11.8 Å². The van der Waals surface area contributed by atoms with Gasteiger partial charge in [-0.25, -0.2) is 4.79 Å². The number of thioether (sulfide) groups is 1. The summed E-state index contributed by atoms with van der Waals surface area (Å²) in [5.41, 5.74) is 0. The molecule has 0 aromatic heterocycles. The zero-order valence-electron chi connectivity index (χ0n) is 19.5. The molecule has 0 unspecified atom stereocenters. The molecule has 0 radical (unpaired) electrons. The maximum Gasteiger partial charge on any atom is 0.327 e. The molecule has 1 amide bonds. The highest BCUT2D eigenvalue weighted by molar-refractivity contribution is 8.00. The highest BCUT2D eigenvalue weighted by Crippen LogP contribution is 2.23. The molecule has 0 saturated carbocycles.